The molecule has 2 aromatic carbocycles. The molecule has 1 atom stereocenters. The van der Waals surface area contributed by atoms with Gasteiger partial charge in [0, 0.05) is 23.1 Å². The van der Waals surface area contributed by atoms with Crippen molar-refractivity contribution in [1.29, 1.82) is 0 Å². The minimum Gasteiger partial charge on any atom is -0.356 e. The average molecular weight is 476 g/mol. The van der Waals surface area contributed by atoms with Crippen LogP contribution in [0.15, 0.2) is 53.7 Å². The number of primary sulfonamides is 1. The molecule has 1 unspecified atom stereocenters. The van der Waals surface area contributed by atoms with Crippen molar-refractivity contribution in [2.45, 2.75) is 17.4 Å². The predicted octanol–water partition coefficient (Wildman–Crippen LogP) is 3.69. The van der Waals surface area contributed by atoms with E-state index in [1.54, 1.807) is 18.2 Å². The third kappa shape index (κ3) is 3.50. The molecule has 164 valence electrons. The molecule has 0 saturated heterocycles. The first-order valence-electron chi connectivity index (χ1n) is 9.59. The van der Waals surface area contributed by atoms with Crippen molar-refractivity contribution in [2.24, 2.45) is 5.14 Å². The fraction of sp³-hybridized carbons (Fsp3) is 0.143. The summed E-state index contributed by atoms with van der Waals surface area (Å²) in [5.74, 6) is -0.790. The maximum absolute atomic E-state index is 14.1. The van der Waals surface area contributed by atoms with Crippen LogP contribution in [0.5, 0.6) is 0 Å². The van der Waals surface area contributed by atoms with Crippen molar-refractivity contribution < 1.29 is 17.2 Å². The molecule has 32 heavy (non-hydrogen) atoms. The van der Waals surface area contributed by atoms with Crippen molar-refractivity contribution in [2.75, 3.05) is 11.4 Å². The first-order chi connectivity index (χ1) is 15.2. The normalized spacial score (nSPS) is 16.4. The Balaban J connectivity index is 1.70. The summed E-state index contributed by atoms with van der Waals surface area (Å²) in [6.45, 7) is 0.488. The Morgan fingerprint density at radius 2 is 1.81 bits per heavy atom. The Hall–Kier alpha value is -3.08. The number of halogens is 3. The number of hydrogen-bond acceptors (Lipinski definition) is 5. The zero-order chi connectivity index (χ0) is 22.6. The van der Waals surface area contributed by atoms with E-state index in [9.17, 15) is 17.2 Å². The first-order valence-corrected chi connectivity index (χ1v) is 11.5. The zero-order valence-corrected chi connectivity index (χ0v) is 18.0. The zero-order valence-electron chi connectivity index (χ0n) is 16.4. The lowest BCUT2D eigenvalue weighted by atomic mass is 9.92. The van der Waals surface area contributed by atoms with Crippen LogP contribution in [0.2, 0.25) is 5.02 Å². The SMILES string of the molecule is NS(=O)(=O)c1ccc(C2c3[nH]c4cc(F)c(Cl)cc4c3CCN2c2ncc(F)cn2)cc1. The third-order valence-corrected chi connectivity index (χ3v) is 6.77. The molecule has 4 aromatic rings. The van der Waals surface area contributed by atoms with Gasteiger partial charge in [-0.1, -0.05) is 23.7 Å². The number of anilines is 1. The summed E-state index contributed by atoms with van der Waals surface area (Å²) in [6.07, 6.45) is 2.75. The molecule has 3 N–H and O–H groups in total. The van der Waals surface area contributed by atoms with E-state index in [1.165, 1.54) is 18.2 Å². The van der Waals surface area contributed by atoms with Gasteiger partial charge in [-0.2, -0.15) is 0 Å². The van der Waals surface area contributed by atoms with E-state index in [2.05, 4.69) is 15.0 Å². The number of nitrogens with zero attached hydrogens (tertiary/aromatic N) is 3. The standard InChI is InChI=1S/C21H16ClF2N5O2S/c22-16-7-15-14-5-6-29(21-26-9-12(23)10-27-21)20(19(14)28-18(15)8-17(16)24)11-1-3-13(4-2-11)32(25,30)31/h1-4,7-10,20,28H,5-6H2,(H2,25,30,31). The highest BCUT2D eigenvalue weighted by atomic mass is 35.5. The van der Waals surface area contributed by atoms with Crippen LogP contribution in [-0.4, -0.2) is 29.9 Å². The number of rotatable bonds is 3. The van der Waals surface area contributed by atoms with Gasteiger partial charge in [-0.15, -0.1) is 0 Å². The van der Waals surface area contributed by atoms with Gasteiger partial charge >= 0.3 is 0 Å². The van der Waals surface area contributed by atoms with Crippen molar-refractivity contribution in [3.8, 4) is 0 Å². The topological polar surface area (TPSA) is 105 Å². The molecule has 1 aliphatic heterocycles. The molecular formula is C21H16ClF2N5O2S. The number of aromatic nitrogens is 3. The number of H-pyrrole nitrogens is 1. The summed E-state index contributed by atoms with van der Waals surface area (Å²) in [5.41, 5.74) is 3.04. The Morgan fingerprint density at radius 1 is 1.12 bits per heavy atom. The van der Waals surface area contributed by atoms with Crippen LogP contribution in [0.25, 0.3) is 10.9 Å². The van der Waals surface area contributed by atoms with Gasteiger partial charge in [-0.25, -0.2) is 32.3 Å². The van der Waals surface area contributed by atoms with E-state index < -0.39 is 27.7 Å². The fourth-order valence-corrected chi connectivity index (χ4v) is 4.82. The van der Waals surface area contributed by atoms with E-state index in [-0.39, 0.29) is 9.92 Å². The van der Waals surface area contributed by atoms with Gasteiger partial charge < -0.3 is 9.88 Å². The van der Waals surface area contributed by atoms with E-state index in [4.69, 9.17) is 16.7 Å². The lowest BCUT2D eigenvalue weighted by molar-refractivity contribution is 0.595. The van der Waals surface area contributed by atoms with Crippen molar-refractivity contribution in [3.05, 3.63) is 82.3 Å². The molecule has 0 spiro atoms. The molecule has 3 heterocycles. The van der Waals surface area contributed by atoms with Gasteiger partial charge in [0.2, 0.25) is 16.0 Å². The highest BCUT2D eigenvalue weighted by Crippen LogP contribution is 2.40. The van der Waals surface area contributed by atoms with Crippen molar-refractivity contribution in [3.63, 3.8) is 0 Å². The maximum Gasteiger partial charge on any atom is 0.238 e. The third-order valence-electron chi connectivity index (χ3n) is 5.56. The quantitative estimate of drug-likeness (QED) is 0.470. The number of nitrogens with one attached hydrogen (secondary N) is 1. The molecule has 0 fully saturated rings. The van der Waals surface area contributed by atoms with Crippen LogP contribution >= 0.6 is 11.6 Å². The molecule has 0 amide bonds. The van der Waals surface area contributed by atoms with Gasteiger partial charge in [0.15, 0.2) is 5.82 Å². The van der Waals surface area contributed by atoms with Crippen LogP contribution in [0.1, 0.15) is 22.9 Å². The van der Waals surface area contributed by atoms with E-state index in [0.29, 0.717) is 24.4 Å². The summed E-state index contributed by atoms with van der Waals surface area (Å²) in [7, 11) is -3.86. The van der Waals surface area contributed by atoms with Gasteiger partial charge in [-0.3, -0.25) is 0 Å². The highest BCUT2D eigenvalue weighted by molar-refractivity contribution is 7.89. The van der Waals surface area contributed by atoms with E-state index in [1.807, 2.05) is 4.90 Å². The summed E-state index contributed by atoms with van der Waals surface area (Å²) in [4.78, 5) is 13.4. The average Bonchev–Trinajstić information content (AvgIpc) is 3.11. The van der Waals surface area contributed by atoms with Crippen LogP contribution in [0.4, 0.5) is 14.7 Å². The summed E-state index contributed by atoms with van der Waals surface area (Å²) in [6, 6.07) is 8.60. The van der Waals surface area contributed by atoms with Gasteiger partial charge in [-0.05, 0) is 41.8 Å². The number of nitrogens with two attached hydrogens (primary N) is 1. The molecule has 0 saturated carbocycles. The number of aromatic amines is 1. The lowest BCUT2D eigenvalue weighted by Gasteiger charge is -2.36. The Bertz CT molecular complexity index is 1440. The molecule has 0 bridgehead atoms. The Labute approximate surface area is 186 Å². The highest BCUT2D eigenvalue weighted by Gasteiger charge is 2.33. The lowest BCUT2D eigenvalue weighted by Crippen LogP contribution is -2.37. The van der Waals surface area contributed by atoms with Gasteiger partial charge in [0.25, 0.3) is 0 Å². The van der Waals surface area contributed by atoms with Gasteiger partial charge in [0.05, 0.1) is 28.4 Å². The van der Waals surface area contributed by atoms with E-state index in [0.717, 1.165) is 34.6 Å². The number of benzene rings is 2. The van der Waals surface area contributed by atoms with Crippen LogP contribution in [0, 0.1) is 11.6 Å². The van der Waals surface area contributed by atoms with Gasteiger partial charge in [0.1, 0.15) is 5.82 Å². The fourth-order valence-electron chi connectivity index (χ4n) is 4.14. The molecule has 11 heteroatoms. The second-order valence-corrected chi connectivity index (χ2v) is 9.46. The summed E-state index contributed by atoms with van der Waals surface area (Å²) < 4.78 is 50.9. The largest absolute Gasteiger partial charge is 0.356 e. The summed E-state index contributed by atoms with van der Waals surface area (Å²) in [5, 5.41) is 6.05. The molecule has 1 aliphatic rings. The monoisotopic (exact) mass is 475 g/mol. The molecule has 7 nitrogen and oxygen atoms in total. The van der Waals surface area contributed by atoms with Crippen LogP contribution in [0.3, 0.4) is 0 Å². The number of hydrogen-bond donors (Lipinski definition) is 2. The molecule has 2 aromatic heterocycles. The van der Waals surface area contributed by atoms with Crippen molar-refractivity contribution >= 4 is 38.5 Å². The summed E-state index contributed by atoms with van der Waals surface area (Å²) >= 11 is 6.02. The molecule has 5 rings (SSSR count). The maximum atomic E-state index is 14.1. The Morgan fingerprint density at radius 3 is 2.47 bits per heavy atom. The van der Waals surface area contributed by atoms with Crippen molar-refractivity contribution in [1.82, 2.24) is 15.0 Å². The molecular weight excluding hydrogens is 460 g/mol. The smallest absolute Gasteiger partial charge is 0.238 e. The minimum absolute atomic E-state index is 0.0210. The second kappa shape index (κ2) is 7.51. The number of fused-ring (bicyclic) bond motifs is 3. The van der Waals surface area contributed by atoms with Crippen LogP contribution < -0.4 is 10.0 Å². The first kappa shape index (κ1) is 20.8. The molecule has 0 radical (unpaired) electrons. The number of sulfonamides is 1. The second-order valence-electron chi connectivity index (χ2n) is 7.49. The van der Waals surface area contributed by atoms with Crippen LogP contribution in [-0.2, 0) is 16.4 Å². The predicted molar refractivity (Wildman–Crippen MR) is 116 cm³/mol. The minimum atomic E-state index is -3.86. The van der Waals surface area contributed by atoms with E-state index >= 15 is 0 Å². The Kier molecular flexibility index (Phi) is 4.88. The molecule has 0 aliphatic carbocycles.